The molecule has 7 nitrogen and oxygen atoms in total. The molecule has 0 spiro atoms. The van der Waals surface area contributed by atoms with Crippen molar-refractivity contribution < 1.29 is 9.18 Å². The quantitative estimate of drug-likeness (QED) is 0.772. The van der Waals surface area contributed by atoms with Gasteiger partial charge in [0.15, 0.2) is 5.82 Å². The molecule has 0 aliphatic heterocycles. The van der Waals surface area contributed by atoms with Crippen LogP contribution in [0.4, 0.5) is 10.1 Å². The molecule has 0 aromatic carbocycles. The Balaban J connectivity index is 1.96. The monoisotopic (exact) mass is 363 g/mol. The first-order valence-electron chi connectivity index (χ1n) is 7.55. The Kier molecular flexibility index (Phi) is 4.54. The number of nitrogens with zero attached hydrogens (tertiary/aromatic N) is 4. The first-order chi connectivity index (χ1) is 11.9. The van der Waals surface area contributed by atoms with Gasteiger partial charge in [-0.25, -0.2) is 9.07 Å². The summed E-state index contributed by atoms with van der Waals surface area (Å²) in [4.78, 5) is 28.3. The Bertz CT molecular complexity index is 1010. The molecule has 9 heteroatoms. The highest BCUT2D eigenvalue weighted by molar-refractivity contribution is 6.31. The van der Waals surface area contributed by atoms with E-state index in [2.05, 4.69) is 15.4 Å². The number of pyridine rings is 1. The molecule has 3 rings (SSSR count). The first-order valence-corrected chi connectivity index (χ1v) is 7.92. The van der Waals surface area contributed by atoms with E-state index in [9.17, 15) is 14.0 Å². The molecule has 0 aliphatic rings. The van der Waals surface area contributed by atoms with Gasteiger partial charge in [-0.05, 0) is 12.1 Å². The third-order valence-electron chi connectivity index (χ3n) is 3.57. The number of halogens is 2. The van der Waals surface area contributed by atoms with Gasteiger partial charge >= 0.3 is 0 Å². The molecule has 130 valence electrons. The lowest BCUT2D eigenvalue weighted by Gasteiger charge is -2.12. The number of fused-ring (bicyclic) bond motifs is 1. The lowest BCUT2D eigenvalue weighted by molar-refractivity contribution is -0.117. The van der Waals surface area contributed by atoms with E-state index in [1.165, 1.54) is 18.3 Å². The molecular formula is C16H15ClFN5O2. The van der Waals surface area contributed by atoms with Crippen molar-refractivity contribution in [1.29, 1.82) is 0 Å². The van der Waals surface area contributed by atoms with E-state index in [0.717, 1.165) is 10.9 Å². The minimum atomic E-state index is -0.659. The van der Waals surface area contributed by atoms with E-state index in [4.69, 9.17) is 11.6 Å². The SMILES string of the molecule is CC(C)c1nn(CC(=O)Nc2ccncc2F)c(=O)c2cc(Cl)cn12. The summed E-state index contributed by atoms with van der Waals surface area (Å²) in [6, 6.07) is 2.85. The van der Waals surface area contributed by atoms with E-state index in [1.54, 1.807) is 10.6 Å². The van der Waals surface area contributed by atoms with E-state index >= 15 is 0 Å². The molecular weight excluding hydrogens is 349 g/mol. The molecule has 3 aromatic rings. The van der Waals surface area contributed by atoms with E-state index in [1.807, 2.05) is 13.8 Å². The molecule has 0 saturated carbocycles. The van der Waals surface area contributed by atoms with Gasteiger partial charge < -0.3 is 5.32 Å². The minimum absolute atomic E-state index is 0.00137. The fourth-order valence-electron chi connectivity index (χ4n) is 2.44. The van der Waals surface area contributed by atoms with Crippen LogP contribution in [0.25, 0.3) is 5.52 Å². The Morgan fingerprint density at radius 3 is 2.88 bits per heavy atom. The summed E-state index contributed by atoms with van der Waals surface area (Å²) >= 11 is 5.99. The maximum Gasteiger partial charge on any atom is 0.291 e. The average Bonchev–Trinajstić information content (AvgIpc) is 2.94. The highest BCUT2D eigenvalue weighted by Gasteiger charge is 2.16. The standard InChI is InChI=1S/C16H15ClFN5O2/c1-9(2)15-21-23(16(25)13-5-10(17)7-22(13)15)8-14(24)20-12-3-4-19-6-11(12)18/h3-7,9H,8H2,1-2H3,(H,19,20,24). The number of rotatable bonds is 4. The van der Waals surface area contributed by atoms with Crippen molar-refractivity contribution in [2.24, 2.45) is 0 Å². The van der Waals surface area contributed by atoms with Gasteiger partial charge in [-0.2, -0.15) is 5.10 Å². The first kappa shape index (κ1) is 17.1. The predicted octanol–water partition coefficient (Wildman–Crippen LogP) is 2.45. The summed E-state index contributed by atoms with van der Waals surface area (Å²) < 4.78 is 16.2. The van der Waals surface area contributed by atoms with Crippen LogP contribution in [0.15, 0.2) is 35.5 Å². The number of nitrogens with one attached hydrogen (secondary N) is 1. The van der Waals surface area contributed by atoms with Gasteiger partial charge in [0.05, 0.1) is 16.9 Å². The van der Waals surface area contributed by atoms with Gasteiger partial charge in [0.2, 0.25) is 5.91 Å². The summed E-state index contributed by atoms with van der Waals surface area (Å²) in [7, 11) is 0. The van der Waals surface area contributed by atoms with Gasteiger partial charge in [0.25, 0.3) is 5.56 Å². The topological polar surface area (TPSA) is 81.3 Å². The molecule has 0 fully saturated rings. The second-order valence-corrected chi connectivity index (χ2v) is 6.23. The van der Waals surface area contributed by atoms with Crippen LogP contribution >= 0.6 is 11.6 Å². The summed E-state index contributed by atoms with van der Waals surface area (Å²) in [5, 5.41) is 7.06. The van der Waals surface area contributed by atoms with Crippen LogP contribution in [-0.4, -0.2) is 25.1 Å². The molecule has 0 bridgehead atoms. The zero-order valence-electron chi connectivity index (χ0n) is 13.5. The fourth-order valence-corrected chi connectivity index (χ4v) is 2.64. The van der Waals surface area contributed by atoms with Gasteiger partial charge in [-0.1, -0.05) is 25.4 Å². The smallest absolute Gasteiger partial charge is 0.291 e. The Hall–Kier alpha value is -2.74. The van der Waals surface area contributed by atoms with Crippen molar-refractivity contribution in [3.05, 3.63) is 57.7 Å². The second-order valence-electron chi connectivity index (χ2n) is 5.79. The minimum Gasteiger partial charge on any atom is -0.322 e. The highest BCUT2D eigenvalue weighted by Crippen LogP contribution is 2.18. The Morgan fingerprint density at radius 2 is 2.20 bits per heavy atom. The third-order valence-corrected chi connectivity index (χ3v) is 3.77. The van der Waals surface area contributed by atoms with Crippen molar-refractivity contribution >= 4 is 28.7 Å². The lowest BCUT2D eigenvalue weighted by Crippen LogP contribution is -2.32. The van der Waals surface area contributed by atoms with Crippen molar-refractivity contribution in [3.63, 3.8) is 0 Å². The Labute approximate surface area is 147 Å². The largest absolute Gasteiger partial charge is 0.322 e. The van der Waals surface area contributed by atoms with Crippen LogP contribution in [0.2, 0.25) is 5.02 Å². The number of amides is 1. The number of aromatic nitrogens is 4. The van der Waals surface area contributed by atoms with Gasteiger partial charge in [-0.3, -0.25) is 19.0 Å². The number of anilines is 1. The van der Waals surface area contributed by atoms with Crippen molar-refractivity contribution in [1.82, 2.24) is 19.2 Å². The molecule has 0 radical (unpaired) electrons. The second kappa shape index (κ2) is 6.64. The van der Waals surface area contributed by atoms with Gasteiger partial charge in [0.1, 0.15) is 17.9 Å². The van der Waals surface area contributed by atoms with Crippen molar-refractivity contribution in [2.45, 2.75) is 26.3 Å². The van der Waals surface area contributed by atoms with Crippen LogP contribution < -0.4 is 10.9 Å². The van der Waals surface area contributed by atoms with Crippen LogP contribution in [0.1, 0.15) is 25.6 Å². The van der Waals surface area contributed by atoms with Crippen LogP contribution in [0, 0.1) is 5.82 Å². The molecule has 0 aliphatic carbocycles. The van der Waals surface area contributed by atoms with Crippen LogP contribution in [0.5, 0.6) is 0 Å². The lowest BCUT2D eigenvalue weighted by atomic mass is 10.2. The Morgan fingerprint density at radius 1 is 1.44 bits per heavy atom. The third kappa shape index (κ3) is 3.39. The van der Waals surface area contributed by atoms with Gasteiger partial charge in [-0.15, -0.1) is 0 Å². The highest BCUT2D eigenvalue weighted by atomic mass is 35.5. The summed E-state index contributed by atoms with van der Waals surface area (Å²) in [6.45, 7) is 3.48. The number of hydrogen-bond acceptors (Lipinski definition) is 4. The van der Waals surface area contributed by atoms with Crippen molar-refractivity contribution in [3.8, 4) is 0 Å². The molecule has 0 atom stereocenters. The molecule has 1 amide bonds. The number of hydrogen-bond donors (Lipinski definition) is 1. The van der Waals surface area contributed by atoms with Crippen LogP contribution in [0.3, 0.4) is 0 Å². The van der Waals surface area contributed by atoms with Crippen molar-refractivity contribution in [2.75, 3.05) is 5.32 Å². The van der Waals surface area contributed by atoms with E-state index in [-0.39, 0.29) is 18.2 Å². The fraction of sp³-hybridized carbons (Fsp3) is 0.250. The van der Waals surface area contributed by atoms with Crippen LogP contribution in [-0.2, 0) is 11.3 Å². The number of carbonyl (C=O) groups excluding carboxylic acids is 1. The molecule has 25 heavy (non-hydrogen) atoms. The normalized spacial score (nSPS) is 11.2. The maximum absolute atomic E-state index is 13.6. The molecule has 0 saturated heterocycles. The van der Waals surface area contributed by atoms with Gasteiger partial charge in [0, 0.05) is 18.3 Å². The van der Waals surface area contributed by atoms with E-state index < -0.39 is 17.3 Å². The molecule has 3 heterocycles. The average molecular weight is 364 g/mol. The summed E-state index contributed by atoms with van der Waals surface area (Å²) in [6.07, 6.45) is 3.96. The number of carbonyl (C=O) groups is 1. The summed E-state index contributed by atoms with van der Waals surface area (Å²) in [5.41, 5.74) is -0.141. The zero-order chi connectivity index (χ0) is 18.1. The molecule has 3 aromatic heterocycles. The zero-order valence-corrected chi connectivity index (χ0v) is 14.3. The maximum atomic E-state index is 13.6. The molecule has 1 N–H and O–H groups in total. The predicted molar refractivity (Wildman–Crippen MR) is 91.4 cm³/mol. The summed E-state index contributed by atoms with van der Waals surface area (Å²) in [5.74, 6) is -0.646. The van der Waals surface area contributed by atoms with E-state index in [0.29, 0.717) is 16.4 Å². The molecule has 0 unspecified atom stereocenters.